The standard InChI is InChI=1S/C14H16N2O/c17-14-4-2-10-7-12(3-1-11(10)8-14)16-13-5-6-15-9-13/h1-4,7-8,13,15-17H,5-6,9H2. The fraction of sp³-hybridized carbons (Fsp3) is 0.286. The van der Waals surface area contributed by atoms with Gasteiger partial charge >= 0.3 is 0 Å². The highest BCUT2D eigenvalue weighted by molar-refractivity contribution is 5.86. The first-order chi connectivity index (χ1) is 8.31. The van der Waals surface area contributed by atoms with E-state index >= 15 is 0 Å². The van der Waals surface area contributed by atoms with Gasteiger partial charge in [-0.25, -0.2) is 0 Å². The Bertz CT molecular complexity index is 533. The number of rotatable bonds is 2. The van der Waals surface area contributed by atoms with Crippen LogP contribution in [0.3, 0.4) is 0 Å². The van der Waals surface area contributed by atoms with Crippen molar-refractivity contribution in [3.8, 4) is 5.75 Å². The molecule has 0 bridgehead atoms. The number of fused-ring (bicyclic) bond motifs is 1. The largest absolute Gasteiger partial charge is 0.508 e. The molecule has 1 heterocycles. The number of aromatic hydroxyl groups is 1. The van der Waals surface area contributed by atoms with Crippen molar-refractivity contribution >= 4 is 16.5 Å². The summed E-state index contributed by atoms with van der Waals surface area (Å²) in [4.78, 5) is 0. The van der Waals surface area contributed by atoms with Gasteiger partial charge in [-0.3, -0.25) is 0 Å². The zero-order valence-corrected chi connectivity index (χ0v) is 9.61. The van der Waals surface area contributed by atoms with Crippen molar-refractivity contribution in [3.63, 3.8) is 0 Å². The summed E-state index contributed by atoms with van der Waals surface area (Å²) in [6.45, 7) is 2.13. The Morgan fingerprint density at radius 1 is 1.12 bits per heavy atom. The molecule has 1 saturated heterocycles. The van der Waals surface area contributed by atoms with E-state index in [1.165, 1.54) is 6.42 Å². The average Bonchev–Trinajstić information content (AvgIpc) is 2.82. The number of hydrogen-bond acceptors (Lipinski definition) is 3. The fourth-order valence-electron chi connectivity index (χ4n) is 2.34. The quantitative estimate of drug-likeness (QED) is 0.739. The Balaban J connectivity index is 1.88. The van der Waals surface area contributed by atoms with Gasteiger partial charge in [-0.15, -0.1) is 0 Å². The van der Waals surface area contributed by atoms with Crippen LogP contribution in [0.25, 0.3) is 10.8 Å². The highest BCUT2D eigenvalue weighted by atomic mass is 16.3. The van der Waals surface area contributed by atoms with E-state index in [4.69, 9.17) is 0 Å². The summed E-state index contributed by atoms with van der Waals surface area (Å²) in [5.74, 6) is 0.318. The van der Waals surface area contributed by atoms with Crippen LogP contribution in [0, 0.1) is 0 Å². The van der Waals surface area contributed by atoms with Crippen LogP contribution in [0.1, 0.15) is 6.42 Å². The molecule has 3 rings (SSSR count). The maximum atomic E-state index is 9.41. The van der Waals surface area contributed by atoms with Crippen LogP contribution in [0.5, 0.6) is 5.75 Å². The molecule has 0 aliphatic carbocycles. The summed E-state index contributed by atoms with van der Waals surface area (Å²) < 4.78 is 0. The molecule has 0 spiro atoms. The molecule has 0 saturated carbocycles. The lowest BCUT2D eigenvalue weighted by Crippen LogP contribution is -2.21. The maximum Gasteiger partial charge on any atom is 0.116 e. The molecule has 3 nitrogen and oxygen atoms in total. The third-order valence-corrected chi connectivity index (χ3v) is 3.25. The molecule has 1 aliphatic rings. The molecular formula is C14H16N2O. The van der Waals surface area contributed by atoms with Crippen molar-refractivity contribution in [2.45, 2.75) is 12.5 Å². The molecule has 0 aromatic heterocycles. The second kappa shape index (κ2) is 4.26. The smallest absolute Gasteiger partial charge is 0.116 e. The summed E-state index contributed by atoms with van der Waals surface area (Å²) >= 11 is 0. The minimum absolute atomic E-state index is 0.318. The summed E-state index contributed by atoms with van der Waals surface area (Å²) in [5.41, 5.74) is 1.15. The van der Waals surface area contributed by atoms with Gasteiger partial charge in [0, 0.05) is 18.3 Å². The highest BCUT2D eigenvalue weighted by Crippen LogP contribution is 2.23. The van der Waals surface area contributed by atoms with Crippen LogP contribution in [0.15, 0.2) is 36.4 Å². The Hall–Kier alpha value is -1.74. The summed E-state index contributed by atoms with van der Waals surface area (Å²) in [5, 5.41) is 18.5. The maximum absolute atomic E-state index is 9.41. The van der Waals surface area contributed by atoms with Crippen LogP contribution < -0.4 is 10.6 Å². The number of benzene rings is 2. The van der Waals surface area contributed by atoms with Crippen molar-refractivity contribution in [1.82, 2.24) is 5.32 Å². The Morgan fingerprint density at radius 2 is 1.94 bits per heavy atom. The first-order valence-corrected chi connectivity index (χ1v) is 6.01. The minimum atomic E-state index is 0.318. The molecular weight excluding hydrogens is 212 g/mol. The fourth-order valence-corrected chi connectivity index (χ4v) is 2.34. The van der Waals surface area contributed by atoms with Gasteiger partial charge in [0.2, 0.25) is 0 Å². The van der Waals surface area contributed by atoms with Crippen LogP contribution in [0.4, 0.5) is 5.69 Å². The molecule has 0 radical (unpaired) electrons. The van der Waals surface area contributed by atoms with Gasteiger partial charge in [-0.2, -0.15) is 0 Å². The predicted molar refractivity (Wildman–Crippen MR) is 70.5 cm³/mol. The van der Waals surface area contributed by atoms with Crippen molar-refractivity contribution in [1.29, 1.82) is 0 Å². The van der Waals surface area contributed by atoms with Crippen molar-refractivity contribution in [3.05, 3.63) is 36.4 Å². The van der Waals surface area contributed by atoms with Gasteiger partial charge in [-0.05, 0) is 48.0 Å². The van der Waals surface area contributed by atoms with Gasteiger partial charge in [0.1, 0.15) is 5.75 Å². The minimum Gasteiger partial charge on any atom is -0.508 e. The van der Waals surface area contributed by atoms with Gasteiger partial charge in [0.05, 0.1) is 0 Å². The number of nitrogens with one attached hydrogen (secondary N) is 2. The van der Waals surface area contributed by atoms with Crippen LogP contribution >= 0.6 is 0 Å². The van der Waals surface area contributed by atoms with Gasteiger partial charge in [0.25, 0.3) is 0 Å². The lowest BCUT2D eigenvalue weighted by atomic mass is 10.1. The van der Waals surface area contributed by atoms with Gasteiger partial charge < -0.3 is 15.7 Å². The second-order valence-corrected chi connectivity index (χ2v) is 4.58. The summed E-state index contributed by atoms with van der Waals surface area (Å²) in [6.07, 6.45) is 1.17. The number of hydrogen-bond donors (Lipinski definition) is 3. The molecule has 2 aromatic rings. The van der Waals surface area contributed by atoms with E-state index in [2.05, 4.69) is 22.8 Å². The zero-order valence-electron chi connectivity index (χ0n) is 9.61. The Kier molecular flexibility index (Phi) is 2.61. The molecule has 3 heteroatoms. The normalized spacial score (nSPS) is 19.6. The van der Waals surface area contributed by atoms with E-state index in [9.17, 15) is 5.11 Å². The van der Waals surface area contributed by atoms with E-state index in [0.717, 1.165) is 29.5 Å². The van der Waals surface area contributed by atoms with E-state index in [-0.39, 0.29) is 0 Å². The number of anilines is 1. The number of phenols is 1. The van der Waals surface area contributed by atoms with Crippen molar-refractivity contribution in [2.24, 2.45) is 0 Å². The van der Waals surface area contributed by atoms with Crippen LogP contribution in [-0.2, 0) is 0 Å². The molecule has 0 amide bonds. The van der Waals surface area contributed by atoms with E-state index < -0.39 is 0 Å². The third kappa shape index (κ3) is 2.19. The van der Waals surface area contributed by atoms with Gasteiger partial charge in [-0.1, -0.05) is 12.1 Å². The lowest BCUT2D eigenvalue weighted by Gasteiger charge is -2.13. The zero-order chi connectivity index (χ0) is 11.7. The third-order valence-electron chi connectivity index (χ3n) is 3.25. The summed E-state index contributed by atoms with van der Waals surface area (Å²) in [6, 6.07) is 12.2. The number of phenolic OH excluding ortho intramolecular Hbond substituents is 1. The molecule has 1 aliphatic heterocycles. The van der Waals surface area contributed by atoms with Crippen molar-refractivity contribution in [2.75, 3.05) is 18.4 Å². The summed E-state index contributed by atoms with van der Waals surface area (Å²) in [7, 11) is 0. The average molecular weight is 228 g/mol. The van der Waals surface area contributed by atoms with E-state index in [1.54, 1.807) is 12.1 Å². The molecule has 3 N–H and O–H groups in total. The Morgan fingerprint density at radius 3 is 2.76 bits per heavy atom. The first-order valence-electron chi connectivity index (χ1n) is 6.01. The monoisotopic (exact) mass is 228 g/mol. The van der Waals surface area contributed by atoms with E-state index in [0.29, 0.717) is 11.8 Å². The second-order valence-electron chi connectivity index (χ2n) is 4.58. The SMILES string of the molecule is Oc1ccc2cc(NC3CCNC3)ccc2c1. The predicted octanol–water partition coefficient (Wildman–Crippen LogP) is 2.32. The molecule has 17 heavy (non-hydrogen) atoms. The molecule has 1 fully saturated rings. The van der Waals surface area contributed by atoms with Gasteiger partial charge in [0.15, 0.2) is 0 Å². The molecule has 2 aromatic carbocycles. The van der Waals surface area contributed by atoms with Crippen molar-refractivity contribution < 1.29 is 5.11 Å². The Labute approximate surface area is 100 Å². The molecule has 1 atom stereocenters. The van der Waals surface area contributed by atoms with E-state index in [1.807, 2.05) is 12.1 Å². The lowest BCUT2D eigenvalue weighted by molar-refractivity contribution is 0.476. The first kappa shape index (κ1) is 10.4. The molecule has 88 valence electrons. The topological polar surface area (TPSA) is 44.3 Å². The highest BCUT2D eigenvalue weighted by Gasteiger charge is 2.13. The molecule has 1 unspecified atom stereocenters. The van der Waals surface area contributed by atoms with Crippen LogP contribution in [0.2, 0.25) is 0 Å². The van der Waals surface area contributed by atoms with Crippen LogP contribution in [-0.4, -0.2) is 24.2 Å².